The molecule has 3 heterocycles. The van der Waals surface area contributed by atoms with Crippen LogP contribution in [0.25, 0.3) is 0 Å². The summed E-state index contributed by atoms with van der Waals surface area (Å²) in [6.07, 6.45) is 4.30. The Morgan fingerprint density at radius 1 is 1.00 bits per heavy atom. The summed E-state index contributed by atoms with van der Waals surface area (Å²) in [7, 11) is 0. The summed E-state index contributed by atoms with van der Waals surface area (Å²) < 4.78 is 0. The average Bonchev–Trinajstić information content (AvgIpc) is 2.56. The second-order valence-corrected chi connectivity index (χ2v) is 5.14. The second kappa shape index (κ2) is 5.95. The number of piperazine rings is 1. The summed E-state index contributed by atoms with van der Waals surface area (Å²) in [6, 6.07) is 5.95. The minimum absolute atomic E-state index is 0.700. The van der Waals surface area contributed by atoms with Crippen molar-refractivity contribution in [2.24, 2.45) is 0 Å². The number of hydrogen-bond donors (Lipinski definition) is 1. The summed E-state index contributed by atoms with van der Waals surface area (Å²) in [4.78, 5) is 17.6. The Morgan fingerprint density at radius 2 is 1.71 bits per heavy atom. The third kappa shape index (κ3) is 3.04. The van der Waals surface area contributed by atoms with Crippen LogP contribution in [-0.4, -0.2) is 41.1 Å². The highest BCUT2D eigenvalue weighted by molar-refractivity contribution is 5.48. The highest BCUT2D eigenvalue weighted by atomic mass is 15.3. The fourth-order valence-electron chi connectivity index (χ4n) is 2.50. The molecule has 6 heteroatoms. The molecule has 0 aromatic carbocycles. The van der Waals surface area contributed by atoms with Gasteiger partial charge in [-0.2, -0.15) is 0 Å². The summed E-state index contributed by atoms with van der Waals surface area (Å²) in [6.45, 7) is 5.85. The summed E-state index contributed by atoms with van der Waals surface area (Å²) in [5.74, 6) is 2.01. The van der Waals surface area contributed by atoms with E-state index in [0.29, 0.717) is 5.69 Å². The number of rotatable bonds is 3. The van der Waals surface area contributed by atoms with Gasteiger partial charge in [0.2, 0.25) is 0 Å². The maximum Gasteiger partial charge on any atom is 0.132 e. The number of nitrogens with zero attached hydrogens (tertiary/aromatic N) is 5. The average molecular weight is 284 g/mol. The number of aryl methyl sites for hydroxylation is 1. The van der Waals surface area contributed by atoms with Crippen molar-refractivity contribution in [3.8, 4) is 0 Å². The first-order chi connectivity index (χ1) is 10.3. The molecule has 1 fully saturated rings. The van der Waals surface area contributed by atoms with Crippen LogP contribution >= 0.6 is 0 Å². The number of nitrogens with two attached hydrogens (primary N) is 1. The van der Waals surface area contributed by atoms with Gasteiger partial charge in [-0.05, 0) is 18.6 Å². The quantitative estimate of drug-likeness (QED) is 0.917. The maximum absolute atomic E-state index is 5.68. The fourth-order valence-corrected chi connectivity index (χ4v) is 2.50. The molecule has 0 bridgehead atoms. The van der Waals surface area contributed by atoms with Gasteiger partial charge >= 0.3 is 0 Å². The van der Waals surface area contributed by atoms with E-state index in [-0.39, 0.29) is 0 Å². The second-order valence-electron chi connectivity index (χ2n) is 5.14. The van der Waals surface area contributed by atoms with Gasteiger partial charge in [0.15, 0.2) is 0 Å². The number of nitrogen functional groups attached to an aromatic ring is 1. The fraction of sp³-hybridized carbons (Fsp3) is 0.400. The molecule has 1 aliphatic rings. The van der Waals surface area contributed by atoms with Crippen LogP contribution in [-0.2, 0) is 6.42 Å². The van der Waals surface area contributed by atoms with Crippen molar-refractivity contribution >= 4 is 17.3 Å². The molecule has 2 aromatic rings. The van der Waals surface area contributed by atoms with Gasteiger partial charge in [0.1, 0.15) is 18.0 Å². The third-order valence-corrected chi connectivity index (χ3v) is 3.77. The Labute approximate surface area is 124 Å². The Morgan fingerprint density at radius 3 is 2.33 bits per heavy atom. The van der Waals surface area contributed by atoms with Crippen molar-refractivity contribution in [3.63, 3.8) is 0 Å². The van der Waals surface area contributed by atoms with Crippen molar-refractivity contribution in [2.75, 3.05) is 41.7 Å². The van der Waals surface area contributed by atoms with E-state index in [4.69, 9.17) is 5.73 Å². The molecule has 1 saturated heterocycles. The van der Waals surface area contributed by atoms with Gasteiger partial charge in [-0.15, -0.1) is 0 Å². The Balaban J connectivity index is 1.65. The van der Waals surface area contributed by atoms with Crippen molar-refractivity contribution in [1.82, 2.24) is 15.0 Å². The van der Waals surface area contributed by atoms with Crippen LogP contribution in [0.3, 0.4) is 0 Å². The molecule has 0 atom stereocenters. The highest BCUT2D eigenvalue weighted by Gasteiger charge is 2.19. The Hall–Kier alpha value is -2.37. The van der Waals surface area contributed by atoms with Crippen molar-refractivity contribution in [1.29, 1.82) is 0 Å². The molecule has 0 aliphatic carbocycles. The lowest BCUT2D eigenvalue weighted by Crippen LogP contribution is -2.47. The van der Waals surface area contributed by atoms with Crippen LogP contribution < -0.4 is 15.5 Å². The standard InChI is InChI=1S/C15H20N6/c1-2-13-9-15(19-11-18-13)21-7-5-20(6-8-21)14-4-3-12(16)10-17-14/h3-4,9-11H,2,5-8,16H2,1H3. The minimum Gasteiger partial charge on any atom is -0.397 e. The minimum atomic E-state index is 0.700. The molecule has 2 N–H and O–H groups in total. The summed E-state index contributed by atoms with van der Waals surface area (Å²) >= 11 is 0. The van der Waals surface area contributed by atoms with Crippen LogP contribution in [0.1, 0.15) is 12.6 Å². The third-order valence-electron chi connectivity index (χ3n) is 3.77. The molecular weight excluding hydrogens is 264 g/mol. The molecule has 6 nitrogen and oxygen atoms in total. The highest BCUT2D eigenvalue weighted by Crippen LogP contribution is 2.18. The molecule has 3 rings (SSSR count). The molecule has 110 valence electrons. The first-order valence-electron chi connectivity index (χ1n) is 7.28. The first kappa shape index (κ1) is 13.6. The molecule has 21 heavy (non-hydrogen) atoms. The molecular formula is C15H20N6. The number of aromatic nitrogens is 3. The van der Waals surface area contributed by atoms with Crippen LogP contribution in [0, 0.1) is 0 Å². The lowest BCUT2D eigenvalue weighted by atomic mass is 10.2. The molecule has 1 aliphatic heterocycles. The maximum atomic E-state index is 5.68. The van der Waals surface area contributed by atoms with Gasteiger partial charge in [-0.25, -0.2) is 15.0 Å². The van der Waals surface area contributed by atoms with Gasteiger partial charge in [-0.1, -0.05) is 6.92 Å². The number of pyridine rings is 1. The van der Waals surface area contributed by atoms with E-state index in [9.17, 15) is 0 Å². The van der Waals surface area contributed by atoms with Crippen LogP contribution in [0.4, 0.5) is 17.3 Å². The van der Waals surface area contributed by atoms with Gasteiger partial charge in [-0.3, -0.25) is 0 Å². The molecule has 0 amide bonds. The van der Waals surface area contributed by atoms with E-state index < -0.39 is 0 Å². The first-order valence-corrected chi connectivity index (χ1v) is 7.28. The van der Waals surface area contributed by atoms with Crippen LogP contribution in [0.5, 0.6) is 0 Å². The topological polar surface area (TPSA) is 71.2 Å². The molecule has 0 spiro atoms. The number of hydrogen-bond acceptors (Lipinski definition) is 6. The predicted octanol–water partition coefficient (Wildman–Crippen LogP) is 1.34. The summed E-state index contributed by atoms with van der Waals surface area (Å²) in [5.41, 5.74) is 7.46. The molecule has 0 unspecified atom stereocenters. The monoisotopic (exact) mass is 284 g/mol. The van der Waals surface area contributed by atoms with E-state index >= 15 is 0 Å². The van der Waals surface area contributed by atoms with E-state index in [1.807, 2.05) is 12.1 Å². The predicted molar refractivity (Wildman–Crippen MR) is 84.5 cm³/mol. The van der Waals surface area contributed by atoms with Crippen molar-refractivity contribution in [2.45, 2.75) is 13.3 Å². The SMILES string of the molecule is CCc1cc(N2CCN(c3ccc(N)cn3)CC2)ncn1. The zero-order valence-electron chi connectivity index (χ0n) is 12.2. The van der Waals surface area contributed by atoms with Crippen LogP contribution in [0.15, 0.2) is 30.7 Å². The lowest BCUT2D eigenvalue weighted by molar-refractivity contribution is 0.640. The van der Waals surface area contributed by atoms with E-state index in [1.54, 1.807) is 12.5 Å². The smallest absolute Gasteiger partial charge is 0.132 e. The Bertz CT molecular complexity index is 589. The summed E-state index contributed by atoms with van der Waals surface area (Å²) in [5, 5.41) is 0. The van der Waals surface area contributed by atoms with Crippen LogP contribution in [0.2, 0.25) is 0 Å². The van der Waals surface area contributed by atoms with Crippen molar-refractivity contribution < 1.29 is 0 Å². The van der Waals surface area contributed by atoms with Gasteiger partial charge in [0.25, 0.3) is 0 Å². The molecule has 0 radical (unpaired) electrons. The lowest BCUT2D eigenvalue weighted by Gasteiger charge is -2.36. The van der Waals surface area contributed by atoms with E-state index in [0.717, 1.165) is 49.9 Å². The Kier molecular flexibility index (Phi) is 3.85. The van der Waals surface area contributed by atoms with Crippen molar-refractivity contribution in [3.05, 3.63) is 36.4 Å². The zero-order chi connectivity index (χ0) is 14.7. The van der Waals surface area contributed by atoms with Gasteiger partial charge in [0, 0.05) is 37.9 Å². The number of anilines is 3. The molecule has 0 saturated carbocycles. The van der Waals surface area contributed by atoms with E-state index in [1.165, 1.54) is 0 Å². The zero-order valence-corrected chi connectivity index (χ0v) is 12.2. The molecule has 2 aromatic heterocycles. The normalized spacial score (nSPS) is 15.3. The largest absolute Gasteiger partial charge is 0.397 e. The van der Waals surface area contributed by atoms with Gasteiger partial charge < -0.3 is 15.5 Å². The van der Waals surface area contributed by atoms with Gasteiger partial charge in [0.05, 0.1) is 11.9 Å². The van der Waals surface area contributed by atoms with E-state index in [2.05, 4.69) is 37.7 Å².